The Balaban J connectivity index is 1.63. The second-order valence-electron chi connectivity index (χ2n) is 8.71. The molecule has 1 unspecified atom stereocenters. The van der Waals surface area contributed by atoms with Gasteiger partial charge in [-0.25, -0.2) is 4.79 Å². The molecule has 33 heavy (non-hydrogen) atoms. The van der Waals surface area contributed by atoms with Gasteiger partial charge < -0.3 is 20.7 Å². The normalized spacial score (nSPS) is 18.3. The van der Waals surface area contributed by atoms with Crippen LogP contribution in [0.1, 0.15) is 62.0 Å². The number of aliphatic imine (C=N–C) groups is 1. The minimum absolute atomic E-state index is 0.227. The van der Waals surface area contributed by atoms with E-state index >= 15 is 0 Å². The molecule has 3 heterocycles. The van der Waals surface area contributed by atoms with Crippen LogP contribution in [0.3, 0.4) is 0 Å². The number of ether oxygens (including phenoxy) is 1. The van der Waals surface area contributed by atoms with E-state index in [1.165, 1.54) is 0 Å². The molecule has 0 saturated carbocycles. The number of amides is 2. The summed E-state index contributed by atoms with van der Waals surface area (Å²) < 4.78 is 5.57. The van der Waals surface area contributed by atoms with E-state index in [1.54, 1.807) is 0 Å². The second-order valence-corrected chi connectivity index (χ2v) is 8.71. The number of nitrogens with one attached hydrogen (secondary N) is 3. The Morgan fingerprint density at radius 2 is 1.91 bits per heavy atom. The molecular formula is C26H35N5O2. The van der Waals surface area contributed by atoms with E-state index in [0.717, 1.165) is 85.6 Å². The van der Waals surface area contributed by atoms with Crippen molar-refractivity contribution in [1.82, 2.24) is 10.3 Å². The summed E-state index contributed by atoms with van der Waals surface area (Å²) in [7, 11) is 0. The van der Waals surface area contributed by atoms with Crippen LogP contribution in [-0.4, -0.2) is 42.5 Å². The third-order valence-corrected chi connectivity index (χ3v) is 6.46. The van der Waals surface area contributed by atoms with Crippen LogP contribution in [0.25, 0.3) is 0 Å². The molecule has 1 atom stereocenters. The number of carbonyl (C=O) groups is 1. The van der Waals surface area contributed by atoms with E-state index in [9.17, 15) is 4.79 Å². The Morgan fingerprint density at radius 3 is 2.64 bits per heavy atom. The molecule has 1 aromatic heterocycles. The number of aromatic nitrogens is 1. The lowest BCUT2D eigenvalue weighted by molar-refractivity contribution is 0.0904. The lowest BCUT2D eigenvalue weighted by atomic mass is 9.98. The highest BCUT2D eigenvalue weighted by molar-refractivity contribution is 5.92. The van der Waals surface area contributed by atoms with E-state index in [-0.39, 0.29) is 6.03 Å². The average molecular weight is 450 g/mol. The maximum atomic E-state index is 12.6. The standard InChI is InChI=1S/C26H35N5O2/c1-3-18-10-11-24-22(16-27-18)25(29-20-12-14-33-15-13-20)21(23(4-2)31-24)17-28-26(32)30-19-8-6-5-7-9-19/h5-9,16,18,20H,3-4,10-15,17H2,1-2H3,(H,29,31)(H2,28,30,32). The van der Waals surface area contributed by atoms with Crippen LogP contribution in [0.4, 0.5) is 16.2 Å². The summed E-state index contributed by atoms with van der Waals surface area (Å²) in [5, 5.41) is 9.75. The largest absolute Gasteiger partial charge is 0.381 e. The van der Waals surface area contributed by atoms with Gasteiger partial charge in [-0.2, -0.15) is 0 Å². The number of benzene rings is 1. The Hall–Kier alpha value is -2.93. The first-order valence-electron chi connectivity index (χ1n) is 12.2. The Morgan fingerprint density at radius 1 is 1.12 bits per heavy atom. The molecule has 2 aliphatic rings. The number of nitrogens with zero attached hydrogens (tertiary/aromatic N) is 2. The average Bonchev–Trinajstić information content (AvgIpc) is 3.06. The molecule has 2 amide bonds. The van der Waals surface area contributed by atoms with Crippen molar-refractivity contribution in [2.45, 2.75) is 71.0 Å². The summed E-state index contributed by atoms with van der Waals surface area (Å²) in [5.41, 5.74) is 6.11. The fourth-order valence-electron chi connectivity index (χ4n) is 4.50. The molecule has 4 rings (SSSR count). The molecule has 0 bridgehead atoms. The molecule has 176 valence electrons. The summed E-state index contributed by atoms with van der Waals surface area (Å²) in [6, 6.07) is 9.93. The van der Waals surface area contributed by atoms with Crippen molar-refractivity contribution >= 4 is 23.6 Å². The van der Waals surface area contributed by atoms with Crippen LogP contribution in [-0.2, 0) is 24.1 Å². The lowest BCUT2D eigenvalue weighted by Crippen LogP contribution is -2.32. The first kappa shape index (κ1) is 23.2. The first-order valence-corrected chi connectivity index (χ1v) is 12.2. The van der Waals surface area contributed by atoms with Crippen LogP contribution in [0.2, 0.25) is 0 Å². The molecular weight excluding hydrogens is 414 g/mol. The summed E-state index contributed by atoms with van der Waals surface area (Å²) >= 11 is 0. The summed E-state index contributed by atoms with van der Waals surface area (Å²) in [6.07, 6.45) is 7.72. The minimum Gasteiger partial charge on any atom is -0.381 e. The fourth-order valence-corrected chi connectivity index (χ4v) is 4.50. The van der Waals surface area contributed by atoms with Gasteiger partial charge in [0.15, 0.2) is 0 Å². The highest BCUT2D eigenvalue weighted by Gasteiger charge is 2.24. The van der Waals surface area contributed by atoms with E-state index in [4.69, 9.17) is 14.7 Å². The molecule has 0 aliphatic carbocycles. The van der Waals surface area contributed by atoms with Crippen molar-refractivity contribution in [3.63, 3.8) is 0 Å². The fraction of sp³-hybridized carbons (Fsp3) is 0.500. The van der Waals surface area contributed by atoms with Crippen molar-refractivity contribution in [3.05, 3.63) is 52.8 Å². The molecule has 3 N–H and O–H groups in total. The van der Waals surface area contributed by atoms with Crippen molar-refractivity contribution in [2.24, 2.45) is 4.99 Å². The van der Waals surface area contributed by atoms with E-state index in [1.807, 2.05) is 36.5 Å². The lowest BCUT2D eigenvalue weighted by Gasteiger charge is -2.28. The van der Waals surface area contributed by atoms with Crippen molar-refractivity contribution in [1.29, 1.82) is 0 Å². The first-order chi connectivity index (χ1) is 16.2. The number of pyridine rings is 1. The number of hydrogen-bond donors (Lipinski definition) is 3. The van der Waals surface area contributed by atoms with Crippen LogP contribution < -0.4 is 16.0 Å². The monoisotopic (exact) mass is 449 g/mol. The van der Waals surface area contributed by atoms with Gasteiger partial charge in [0.05, 0.1) is 17.4 Å². The number of aryl methyl sites for hydroxylation is 2. The van der Waals surface area contributed by atoms with Crippen LogP contribution >= 0.6 is 0 Å². The molecule has 0 radical (unpaired) electrons. The molecule has 1 saturated heterocycles. The van der Waals surface area contributed by atoms with Gasteiger partial charge in [-0.05, 0) is 50.7 Å². The van der Waals surface area contributed by atoms with Gasteiger partial charge in [0.1, 0.15) is 0 Å². The zero-order valence-corrected chi connectivity index (χ0v) is 19.7. The maximum absolute atomic E-state index is 12.6. The number of rotatable bonds is 7. The minimum atomic E-state index is -0.227. The van der Waals surface area contributed by atoms with Gasteiger partial charge in [-0.3, -0.25) is 9.98 Å². The van der Waals surface area contributed by atoms with E-state index in [2.05, 4.69) is 29.8 Å². The summed E-state index contributed by atoms with van der Waals surface area (Å²) in [6.45, 7) is 6.25. The van der Waals surface area contributed by atoms with Crippen LogP contribution in [0.15, 0.2) is 35.3 Å². The molecule has 7 nitrogen and oxygen atoms in total. The van der Waals surface area contributed by atoms with Crippen LogP contribution in [0.5, 0.6) is 0 Å². The third-order valence-electron chi connectivity index (χ3n) is 6.46. The molecule has 2 aromatic rings. The van der Waals surface area contributed by atoms with Gasteiger partial charge in [0.2, 0.25) is 0 Å². The number of para-hydroxylation sites is 1. The zero-order valence-electron chi connectivity index (χ0n) is 19.7. The van der Waals surface area contributed by atoms with Crippen molar-refractivity contribution < 1.29 is 9.53 Å². The number of anilines is 2. The van der Waals surface area contributed by atoms with Crippen molar-refractivity contribution in [2.75, 3.05) is 23.8 Å². The topological polar surface area (TPSA) is 87.6 Å². The predicted molar refractivity (Wildman–Crippen MR) is 133 cm³/mol. The van der Waals surface area contributed by atoms with Gasteiger partial charge in [0.25, 0.3) is 0 Å². The maximum Gasteiger partial charge on any atom is 0.319 e. The highest BCUT2D eigenvalue weighted by Crippen LogP contribution is 2.31. The highest BCUT2D eigenvalue weighted by atomic mass is 16.5. The van der Waals surface area contributed by atoms with Gasteiger partial charge in [-0.1, -0.05) is 32.0 Å². The Kier molecular flexibility index (Phi) is 7.94. The van der Waals surface area contributed by atoms with E-state index in [0.29, 0.717) is 18.6 Å². The molecule has 7 heteroatoms. The SMILES string of the molecule is CCc1nc2c(c(NC3CCOCC3)c1CNC(=O)Nc1ccccc1)C=NC(CC)CC2. The number of fused-ring (bicyclic) bond motifs is 1. The smallest absolute Gasteiger partial charge is 0.319 e. The predicted octanol–water partition coefficient (Wildman–Crippen LogP) is 4.70. The number of hydrogen-bond acceptors (Lipinski definition) is 5. The Labute approximate surface area is 196 Å². The molecule has 2 aliphatic heterocycles. The zero-order chi connectivity index (χ0) is 23.0. The Bertz CT molecular complexity index is 970. The van der Waals surface area contributed by atoms with Gasteiger partial charge >= 0.3 is 6.03 Å². The van der Waals surface area contributed by atoms with Gasteiger partial charge in [-0.15, -0.1) is 0 Å². The molecule has 1 fully saturated rings. The number of urea groups is 1. The molecule has 1 aromatic carbocycles. The van der Waals surface area contributed by atoms with E-state index < -0.39 is 0 Å². The summed E-state index contributed by atoms with van der Waals surface area (Å²) in [5.74, 6) is 0. The van der Waals surface area contributed by atoms with Crippen LogP contribution in [0, 0.1) is 0 Å². The quantitative estimate of drug-likeness (QED) is 0.572. The second kappa shape index (κ2) is 11.3. The third kappa shape index (κ3) is 5.90. The number of carbonyl (C=O) groups excluding carboxylic acids is 1. The van der Waals surface area contributed by atoms with Crippen molar-refractivity contribution in [3.8, 4) is 0 Å². The van der Waals surface area contributed by atoms with Gasteiger partial charge in [0, 0.05) is 54.5 Å². The summed E-state index contributed by atoms with van der Waals surface area (Å²) in [4.78, 5) is 22.5. The molecule has 0 spiro atoms.